The molecular weight excluding hydrogens is 242 g/mol. The van der Waals surface area contributed by atoms with Crippen LogP contribution in [0.5, 0.6) is 0 Å². The smallest absolute Gasteiger partial charge is 0.113 e. The molecule has 0 spiro atoms. The second-order valence-corrected chi connectivity index (χ2v) is 7.12. The van der Waals surface area contributed by atoms with Crippen molar-refractivity contribution in [2.24, 2.45) is 5.41 Å². The van der Waals surface area contributed by atoms with Gasteiger partial charge in [0, 0.05) is 11.3 Å². The van der Waals surface area contributed by atoms with Crippen molar-refractivity contribution in [2.45, 2.75) is 57.1 Å². The van der Waals surface area contributed by atoms with Gasteiger partial charge in [-0.25, -0.2) is 0 Å². The van der Waals surface area contributed by atoms with Gasteiger partial charge in [0.1, 0.15) is 5.76 Å². The minimum absolute atomic E-state index is 0.427. The SMILES string of the molecule is CCCNC1C(SCc2ccco2)CCC1(C)C. The third-order valence-corrected chi connectivity index (χ3v) is 5.31. The van der Waals surface area contributed by atoms with Crippen LogP contribution in [-0.4, -0.2) is 17.8 Å². The van der Waals surface area contributed by atoms with Crippen LogP contribution in [0.25, 0.3) is 0 Å². The summed E-state index contributed by atoms with van der Waals surface area (Å²) in [6.07, 6.45) is 5.62. The quantitative estimate of drug-likeness (QED) is 0.841. The van der Waals surface area contributed by atoms with E-state index in [1.54, 1.807) is 6.26 Å². The standard InChI is InChI=1S/C15H25NOS/c1-4-9-16-14-13(7-8-15(14,2)3)18-11-12-6-5-10-17-12/h5-6,10,13-14,16H,4,7-9,11H2,1-3H3. The van der Waals surface area contributed by atoms with Crippen LogP contribution in [0.4, 0.5) is 0 Å². The molecule has 2 rings (SSSR count). The topological polar surface area (TPSA) is 25.2 Å². The van der Waals surface area contributed by atoms with Crippen molar-refractivity contribution >= 4 is 11.8 Å². The van der Waals surface area contributed by atoms with Gasteiger partial charge in [0.15, 0.2) is 0 Å². The first-order chi connectivity index (χ1) is 8.63. The lowest BCUT2D eigenvalue weighted by Crippen LogP contribution is -2.43. The van der Waals surface area contributed by atoms with E-state index in [9.17, 15) is 0 Å². The molecule has 0 aliphatic heterocycles. The van der Waals surface area contributed by atoms with Crippen LogP contribution < -0.4 is 5.32 Å². The highest BCUT2D eigenvalue weighted by molar-refractivity contribution is 7.99. The molecule has 0 aromatic carbocycles. The van der Waals surface area contributed by atoms with Crippen molar-refractivity contribution < 1.29 is 4.42 Å². The van der Waals surface area contributed by atoms with Gasteiger partial charge < -0.3 is 9.73 Å². The zero-order valence-corrected chi connectivity index (χ0v) is 12.6. The first-order valence-electron chi connectivity index (χ1n) is 7.01. The maximum atomic E-state index is 5.42. The fourth-order valence-corrected chi connectivity index (χ4v) is 4.29. The van der Waals surface area contributed by atoms with Crippen LogP contribution in [0.1, 0.15) is 45.8 Å². The highest BCUT2D eigenvalue weighted by Gasteiger charge is 2.41. The van der Waals surface area contributed by atoms with Gasteiger partial charge in [-0.1, -0.05) is 20.8 Å². The number of thioether (sulfide) groups is 1. The first kappa shape index (κ1) is 14.0. The second-order valence-electron chi connectivity index (χ2n) is 5.89. The molecule has 1 N–H and O–H groups in total. The molecular formula is C15H25NOS. The summed E-state index contributed by atoms with van der Waals surface area (Å²) in [4.78, 5) is 0. The number of rotatable bonds is 6. The molecule has 1 aliphatic carbocycles. The fraction of sp³-hybridized carbons (Fsp3) is 0.733. The Kier molecular flexibility index (Phi) is 4.79. The van der Waals surface area contributed by atoms with Crippen LogP contribution in [0.15, 0.2) is 22.8 Å². The van der Waals surface area contributed by atoms with Crippen molar-refractivity contribution in [1.29, 1.82) is 0 Å². The van der Waals surface area contributed by atoms with Crippen molar-refractivity contribution in [1.82, 2.24) is 5.32 Å². The molecule has 1 aromatic rings. The van der Waals surface area contributed by atoms with Gasteiger partial charge in [-0.2, -0.15) is 0 Å². The second kappa shape index (κ2) is 6.16. The van der Waals surface area contributed by atoms with Crippen LogP contribution in [-0.2, 0) is 5.75 Å². The Balaban J connectivity index is 1.90. The Hall–Kier alpha value is -0.410. The fourth-order valence-electron chi connectivity index (χ4n) is 2.81. The molecule has 1 aliphatic rings. The van der Waals surface area contributed by atoms with Gasteiger partial charge in [-0.3, -0.25) is 0 Å². The lowest BCUT2D eigenvalue weighted by molar-refractivity contribution is 0.287. The highest BCUT2D eigenvalue weighted by atomic mass is 32.2. The molecule has 1 aromatic heterocycles. The molecule has 2 atom stereocenters. The molecule has 0 radical (unpaired) electrons. The largest absolute Gasteiger partial charge is 0.468 e. The van der Waals surface area contributed by atoms with Crippen LogP contribution >= 0.6 is 11.8 Å². The minimum atomic E-state index is 0.427. The number of furan rings is 1. The Morgan fingerprint density at radius 3 is 3.00 bits per heavy atom. The van der Waals surface area contributed by atoms with E-state index >= 15 is 0 Å². The molecule has 0 saturated heterocycles. The molecule has 1 fully saturated rings. The molecule has 0 amide bonds. The van der Waals surface area contributed by atoms with E-state index in [2.05, 4.69) is 32.2 Å². The van der Waals surface area contributed by atoms with Crippen LogP contribution in [0.2, 0.25) is 0 Å². The Morgan fingerprint density at radius 2 is 2.33 bits per heavy atom. The Labute approximate surface area is 115 Å². The maximum absolute atomic E-state index is 5.42. The van der Waals surface area contributed by atoms with Crippen molar-refractivity contribution in [3.63, 3.8) is 0 Å². The van der Waals surface area contributed by atoms with Gasteiger partial charge in [0.05, 0.1) is 12.0 Å². The summed E-state index contributed by atoms with van der Waals surface area (Å²) in [5.41, 5.74) is 0.427. The van der Waals surface area contributed by atoms with Gasteiger partial charge in [0.2, 0.25) is 0 Å². The van der Waals surface area contributed by atoms with Crippen LogP contribution in [0.3, 0.4) is 0 Å². The molecule has 102 valence electrons. The van der Waals surface area contributed by atoms with E-state index in [0.717, 1.165) is 23.3 Å². The molecule has 1 saturated carbocycles. The van der Waals surface area contributed by atoms with Crippen molar-refractivity contribution in [3.8, 4) is 0 Å². The van der Waals surface area contributed by atoms with Gasteiger partial charge in [0.25, 0.3) is 0 Å². The van der Waals surface area contributed by atoms with E-state index in [1.807, 2.05) is 17.8 Å². The average molecular weight is 267 g/mol. The summed E-state index contributed by atoms with van der Waals surface area (Å²) in [6.45, 7) is 8.16. The van der Waals surface area contributed by atoms with Crippen molar-refractivity contribution in [2.75, 3.05) is 6.54 Å². The van der Waals surface area contributed by atoms with Gasteiger partial charge in [-0.05, 0) is 43.4 Å². The number of nitrogens with one attached hydrogen (secondary N) is 1. The molecule has 2 nitrogen and oxygen atoms in total. The monoisotopic (exact) mass is 267 g/mol. The molecule has 3 heteroatoms. The number of hydrogen-bond donors (Lipinski definition) is 1. The molecule has 2 unspecified atom stereocenters. The van der Waals surface area contributed by atoms with Gasteiger partial charge in [-0.15, -0.1) is 11.8 Å². The predicted octanol–water partition coefficient (Wildman–Crippen LogP) is 4.07. The summed E-state index contributed by atoms with van der Waals surface area (Å²) >= 11 is 2.05. The Morgan fingerprint density at radius 1 is 1.50 bits per heavy atom. The molecule has 0 bridgehead atoms. The predicted molar refractivity (Wildman–Crippen MR) is 78.9 cm³/mol. The molecule has 18 heavy (non-hydrogen) atoms. The minimum Gasteiger partial charge on any atom is -0.468 e. The zero-order valence-electron chi connectivity index (χ0n) is 11.7. The lowest BCUT2D eigenvalue weighted by Gasteiger charge is -2.31. The van der Waals surface area contributed by atoms with E-state index < -0.39 is 0 Å². The summed E-state index contributed by atoms with van der Waals surface area (Å²) in [5.74, 6) is 2.09. The third kappa shape index (κ3) is 3.33. The normalized spacial score (nSPS) is 26.6. The Bertz CT molecular complexity index is 347. The molecule has 1 heterocycles. The third-order valence-electron chi connectivity index (χ3n) is 3.92. The van der Waals surface area contributed by atoms with E-state index in [0.29, 0.717) is 11.5 Å². The van der Waals surface area contributed by atoms with Crippen molar-refractivity contribution in [3.05, 3.63) is 24.2 Å². The summed E-state index contributed by atoms with van der Waals surface area (Å²) in [7, 11) is 0. The van der Waals surface area contributed by atoms with E-state index in [-0.39, 0.29) is 0 Å². The van der Waals surface area contributed by atoms with E-state index in [1.165, 1.54) is 19.3 Å². The number of hydrogen-bond acceptors (Lipinski definition) is 3. The highest BCUT2D eigenvalue weighted by Crippen LogP contribution is 2.43. The zero-order chi connectivity index (χ0) is 13.0. The summed E-state index contributed by atoms with van der Waals surface area (Å²) < 4.78 is 5.42. The summed E-state index contributed by atoms with van der Waals surface area (Å²) in [6, 6.07) is 4.68. The maximum Gasteiger partial charge on any atom is 0.113 e. The average Bonchev–Trinajstić information content (AvgIpc) is 2.92. The lowest BCUT2D eigenvalue weighted by atomic mass is 9.87. The first-order valence-corrected chi connectivity index (χ1v) is 8.05. The van der Waals surface area contributed by atoms with Crippen LogP contribution in [0, 0.1) is 5.41 Å². The van der Waals surface area contributed by atoms with Gasteiger partial charge >= 0.3 is 0 Å². The van der Waals surface area contributed by atoms with E-state index in [4.69, 9.17) is 4.42 Å². The summed E-state index contributed by atoms with van der Waals surface area (Å²) in [5, 5.41) is 4.47.